The van der Waals surface area contributed by atoms with Crippen molar-refractivity contribution in [1.82, 2.24) is 15.6 Å². The minimum Gasteiger partial charge on any atom is -0.497 e. The third kappa shape index (κ3) is 4.81. The first kappa shape index (κ1) is 21.0. The van der Waals surface area contributed by atoms with Gasteiger partial charge in [-0.1, -0.05) is 0 Å². The van der Waals surface area contributed by atoms with Crippen molar-refractivity contribution in [1.29, 1.82) is 0 Å². The van der Waals surface area contributed by atoms with E-state index in [1.807, 2.05) is 12.3 Å². The predicted molar refractivity (Wildman–Crippen MR) is 104 cm³/mol. The van der Waals surface area contributed by atoms with Gasteiger partial charge >= 0.3 is 6.03 Å². The number of primary amides is 1. The second-order valence-electron chi connectivity index (χ2n) is 7.03. The van der Waals surface area contributed by atoms with Gasteiger partial charge in [0.2, 0.25) is 5.91 Å². The Morgan fingerprint density at radius 1 is 1.38 bits per heavy atom. The second-order valence-corrected chi connectivity index (χ2v) is 8.10. The lowest BCUT2D eigenvalue weighted by Gasteiger charge is -2.12. The fourth-order valence-electron chi connectivity index (χ4n) is 3.27. The zero-order valence-corrected chi connectivity index (χ0v) is 16.9. The van der Waals surface area contributed by atoms with Crippen molar-refractivity contribution in [3.05, 3.63) is 45.4 Å². The molecule has 1 saturated carbocycles. The number of thiazole rings is 1. The van der Waals surface area contributed by atoms with Gasteiger partial charge in [0.05, 0.1) is 23.4 Å². The van der Waals surface area contributed by atoms with Crippen LogP contribution in [0.4, 0.5) is 13.6 Å². The Balaban J connectivity index is 0.000000169. The number of carbonyl (C=O) groups excluding carboxylic acids is 2. The molecule has 1 aromatic carbocycles. The van der Waals surface area contributed by atoms with Crippen LogP contribution in [0.15, 0.2) is 17.5 Å². The van der Waals surface area contributed by atoms with Crippen LogP contribution >= 0.6 is 11.3 Å². The number of rotatable bonds is 4. The number of nitrogens with zero attached hydrogens (tertiary/aromatic N) is 1. The Morgan fingerprint density at radius 2 is 2.03 bits per heavy atom. The monoisotopic (exact) mass is 424 g/mol. The van der Waals surface area contributed by atoms with Crippen molar-refractivity contribution in [2.75, 3.05) is 13.7 Å². The SMILES string of the molecule is COc1cc(F)c(C2CNC(=O)C2)c(F)c1.Cc1nc(C2(NC(N)=O)CC2)cs1. The summed E-state index contributed by atoms with van der Waals surface area (Å²) >= 11 is 1.60. The third-order valence-corrected chi connectivity index (χ3v) is 5.67. The molecule has 4 rings (SSSR count). The molecule has 2 aromatic rings. The summed E-state index contributed by atoms with van der Waals surface area (Å²) in [5.74, 6) is -1.81. The summed E-state index contributed by atoms with van der Waals surface area (Å²) in [6.45, 7) is 2.23. The molecule has 2 aliphatic rings. The van der Waals surface area contributed by atoms with Crippen LogP contribution < -0.4 is 21.1 Å². The lowest BCUT2D eigenvalue weighted by Crippen LogP contribution is -2.38. The van der Waals surface area contributed by atoms with Crippen LogP contribution in [0.3, 0.4) is 0 Å². The van der Waals surface area contributed by atoms with Crippen molar-refractivity contribution < 1.29 is 23.1 Å². The Bertz CT molecular complexity index is 907. The van der Waals surface area contributed by atoms with Crippen LogP contribution in [0, 0.1) is 18.6 Å². The number of aromatic nitrogens is 1. The van der Waals surface area contributed by atoms with E-state index in [0.717, 1.165) is 35.7 Å². The minimum atomic E-state index is -0.668. The van der Waals surface area contributed by atoms with Gasteiger partial charge in [-0.25, -0.2) is 18.6 Å². The number of hydrogen-bond donors (Lipinski definition) is 3. The van der Waals surface area contributed by atoms with E-state index in [1.165, 1.54) is 7.11 Å². The van der Waals surface area contributed by atoms with Crippen molar-refractivity contribution in [3.8, 4) is 5.75 Å². The lowest BCUT2D eigenvalue weighted by atomic mass is 9.97. The Kier molecular flexibility index (Phi) is 6.02. The van der Waals surface area contributed by atoms with E-state index in [0.29, 0.717) is 0 Å². The summed E-state index contributed by atoms with van der Waals surface area (Å²) < 4.78 is 32.0. The van der Waals surface area contributed by atoms with E-state index in [-0.39, 0.29) is 35.7 Å². The second kappa shape index (κ2) is 8.32. The molecule has 10 heteroatoms. The highest BCUT2D eigenvalue weighted by Gasteiger charge is 2.47. The quantitative estimate of drug-likeness (QED) is 0.702. The Hall–Kier alpha value is -2.75. The smallest absolute Gasteiger partial charge is 0.312 e. The maximum atomic E-state index is 13.6. The Labute approximate surface area is 170 Å². The van der Waals surface area contributed by atoms with Crippen LogP contribution in [0.2, 0.25) is 0 Å². The van der Waals surface area contributed by atoms with Crippen LogP contribution in [0.5, 0.6) is 5.75 Å². The molecule has 0 spiro atoms. The summed E-state index contributed by atoms with van der Waals surface area (Å²) in [4.78, 5) is 26.1. The molecule has 0 bridgehead atoms. The zero-order valence-electron chi connectivity index (χ0n) is 16.1. The van der Waals surface area contributed by atoms with Gasteiger partial charge in [-0.3, -0.25) is 4.79 Å². The normalized spacial score (nSPS) is 19.0. The molecule has 1 aromatic heterocycles. The third-order valence-electron chi connectivity index (χ3n) is 4.90. The number of halogens is 2. The fourth-order valence-corrected chi connectivity index (χ4v) is 3.98. The molecule has 1 aliphatic carbocycles. The van der Waals surface area contributed by atoms with E-state index in [1.54, 1.807) is 11.3 Å². The molecule has 1 saturated heterocycles. The van der Waals surface area contributed by atoms with E-state index in [2.05, 4.69) is 15.6 Å². The maximum Gasteiger partial charge on any atom is 0.312 e. The summed E-state index contributed by atoms with van der Waals surface area (Å²) in [6.07, 6.45) is 2.01. The molecule has 3 amide bonds. The van der Waals surface area contributed by atoms with E-state index >= 15 is 0 Å². The van der Waals surface area contributed by atoms with Crippen molar-refractivity contribution in [3.63, 3.8) is 0 Å². The van der Waals surface area contributed by atoms with Gasteiger partial charge in [0, 0.05) is 42.0 Å². The highest BCUT2D eigenvalue weighted by Crippen LogP contribution is 2.45. The summed E-state index contributed by atoms with van der Waals surface area (Å²) in [6, 6.07) is 1.78. The molecule has 4 N–H and O–H groups in total. The molecule has 2 heterocycles. The average molecular weight is 424 g/mol. The number of amides is 3. The number of nitrogens with two attached hydrogens (primary N) is 1. The van der Waals surface area contributed by atoms with Crippen LogP contribution in [-0.2, 0) is 10.3 Å². The van der Waals surface area contributed by atoms with Crippen molar-refractivity contribution in [2.45, 2.75) is 37.6 Å². The molecule has 1 atom stereocenters. The van der Waals surface area contributed by atoms with Crippen LogP contribution in [-0.4, -0.2) is 30.6 Å². The number of aryl methyl sites for hydroxylation is 1. The maximum absolute atomic E-state index is 13.6. The molecule has 1 unspecified atom stereocenters. The molecule has 7 nitrogen and oxygen atoms in total. The van der Waals surface area contributed by atoms with E-state index in [9.17, 15) is 18.4 Å². The number of carbonyl (C=O) groups is 2. The lowest BCUT2D eigenvalue weighted by molar-refractivity contribution is -0.119. The van der Waals surface area contributed by atoms with Crippen LogP contribution in [0.25, 0.3) is 0 Å². The zero-order chi connectivity index (χ0) is 21.2. The molecular weight excluding hydrogens is 402 g/mol. The molecule has 156 valence electrons. The van der Waals surface area contributed by atoms with Gasteiger partial charge in [0.15, 0.2) is 0 Å². The fraction of sp³-hybridized carbons (Fsp3) is 0.421. The van der Waals surface area contributed by atoms with Crippen molar-refractivity contribution >= 4 is 23.3 Å². The summed E-state index contributed by atoms with van der Waals surface area (Å²) in [5, 5.41) is 8.30. The first-order valence-corrected chi connectivity index (χ1v) is 9.92. The van der Waals surface area contributed by atoms with Gasteiger partial charge in [-0.15, -0.1) is 11.3 Å². The van der Waals surface area contributed by atoms with Gasteiger partial charge in [-0.2, -0.15) is 0 Å². The number of hydrogen-bond acceptors (Lipinski definition) is 5. The van der Waals surface area contributed by atoms with Gasteiger partial charge < -0.3 is 21.1 Å². The minimum absolute atomic E-state index is 0.0425. The number of ether oxygens (including phenoxy) is 1. The number of methoxy groups -OCH3 is 1. The highest BCUT2D eigenvalue weighted by molar-refractivity contribution is 7.09. The predicted octanol–water partition coefficient (Wildman–Crippen LogP) is 2.69. The number of urea groups is 1. The topological polar surface area (TPSA) is 106 Å². The Morgan fingerprint density at radius 3 is 2.45 bits per heavy atom. The van der Waals surface area contributed by atoms with E-state index < -0.39 is 23.6 Å². The number of benzene rings is 1. The molecule has 1 aliphatic heterocycles. The first-order chi connectivity index (χ1) is 13.7. The average Bonchev–Trinajstić information content (AvgIpc) is 3.06. The molecular formula is C19H22F2N4O3S. The molecule has 0 radical (unpaired) electrons. The van der Waals surface area contributed by atoms with Gasteiger partial charge in [0.25, 0.3) is 0 Å². The standard InChI is InChI=1S/C11H11F2NO2.C8H11N3OS/c1-16-7-3-8(12)11(9(13)4-7)6-2-10(15)14-5-6;1-5-10-6(4-13-5)8(2-3-8)11-7(9)12/h3-4,6H,2,5H2,1H3,(H,14,15);4H,2-3H2,1H3,(H3,9,11,12). The van der Waals surface area contributed by atoms with Crippen LogP contribution in [0.1, 0.15) is 41.4 Å². The molecule has 29 heavy (non-hydrogen) atoms. The van der Waals surface area contributed by atoms with E-state index in [4.69, 9.17) is 10.5 Å². The van der Waals surface area contributed by atoms with Gasteiger partial charge in [-0.05, 0) is 19.8 Å². The largest absolute Gasteiger partial charge is 0.497 e. The highest BCUT2D eigenvalue weighted by atomic mass is 32.1. The van der Waals surface area contributed by atoms with Gasteiger partial charge in [0.1, 0.15) is 17.4 Å². The van der Waals surface area contributed by atoms with Crippen molar-refractivity contribution in [2.24, 2.45) is 5.73 Å². The molecule has 2 fully saturated rings. The first-order valence-electron chi connectivity index (χ1n) is 9.04. The summed E-state index contributed by atoms with van der Waals surface area (Å²) in [7, 11) is 1.34. The number of nitrogens with one attached hydrogen (secondary N) is 2. The summed E-state index contributed by atoms with van der Waals surface area (Å²) in [5.41, 5.74) is 5.76.